The number of nitrogens with zero attached hydrogens (tertiary/aromatic N) is 8. The number of imidazole rings is 1. The Morgan fingerprint density at radius 1 is 1.26 bits per heavy atom. The third-order valence-electron chi connectivity index (χ3n) is 6.79. The van der Waals surface area contributed by atoms with Gasteiger partial charge in [-0.3, -0.25) is 9.64 Å². The van der Waals surface area contributed by atoms with Crippen molar-refractivity contribution in [2.24, 2.45) is 7.05 Å². The molecule has 0 spiro atoms. The number of carbonyl (C=O) groups excluding carboxylic acids is 1. The van der Waals surface area contributed by atoms with Crippen LogP contribution in [0.4, 0.5) is 11.6 Å². The lowest BCUT2D eigenvalue weighted by Crippen LogP contribution is -2.36. The molecule has 4 aromatic heterocycles. The maximum Gasteiger partial charge on any atom is 0.307 e. The number of anilines is 2. The molecule has 2 aliphatic carbocycles. The standard InChI is InChI=1S/C24H27N9O/c1-5-31-18(24(34)33(15-6-7-15)16-8-9-16)11-17-21-20(26-13-30(21)4)22(28-23(17)31)27-19-10-14(2)32(29-19)12-25-3/h10-11,13,15-16H,5-9,12H2,1-2,4H3,(H,27,28,29). The van der Waals surface area contributed by atoms with Gasteiger partial charge >= 0.3 is 6.67 Å². The highest BCUT2D eigenvalue weighted by molar-refractivity contribution is 6.10. The number of fused-ring (bicyclic) bond motifs is 3. The Morgan fingerprint density at radius 2 is 2.00 bits per heavy atom. The first-order valence-electron chi connectivity index (χ1n) is 11.8. The van der Waals surface area contributed by atoms with E-state index in [4.69, 9.17) is 11.6 Å². The van der Waals surface area contributed by atoms with Crippen LogP contribution in [0.1, 0.15) is 48.8 Å². The fourth-order valence-corrected chi connectivity index (χ4v) is 4.87. The number of aryl methyl sites for hydroxylation is 3. The number of carbonyl (C=O) groups is 1. The van der Waals surface area contributed by atoms with Crippen LogP contribution >= 0.6 is 0 Å². The van der Waals surface area contributed by atoms with Crippen molar-refractivity contribution >= 4 is 39.6 Å². The smallest absolute Gasteiger partial charge is 0.307 e. The molecule has 10 heteroatoms. The molecule has 0 atom stereocenters. The van der Waals surface area contributed by atoms with Gasteiger partial charge in [0.15, 0.2) is 11.6 Å². The first kappa shape index (κ1) is 20.7. The zero-order valence-electron chi connectivity index (χ0n) is 19.6. The molecular weight excluding hydrogens is 430 g/mol. The topological polar surface area (TPSA) is 90.2 Å². The Bertz CT molecular complexity index is 1460. The molecule has 2 aliphatic rings. The van der Waals surface area contributed by atoms with E-state index in [1.807, 2.05) is 42.2 Å². The minimum Gasteiger partial charge on any atom is -0.333 e. The lowest BCUT2D eigenvalue weighted by Gasteiger charge is -2.22. The van der Waals surface area contributed by atoms with Gasteiger partial charge < -0.3 is 19.4 Å². The van der Waals surface area contributed by atoms with Gasteiger partial charge in [0.1, 0.15) is 16.9 Å². The van der Waals surface area contributed by atoms with E-state index in [0.29, 0.717) is 36.0 Å². The largest absolute Gasteiger partial charge is 0.333 e. The molecule has 0 aliphatic heterocycles. The van der Waals surface area contributed by atoms with Crippen LogP contribution in [0.2, 0.25) is 0 Å². The summed E-state index contributed by atoms with van der Waals surface area (Å²) in [5.41, 5.74) is 3.99. The van der Waals surface area contributed by atoms with E-state index in [9.17, 15) is 4.79 Å². The van der Waals surface area contributed by atoms with Crippen molar-refractivity contribution in [1.82, 2.24) is 33.8 Å². The SMILES string of the molecule is [C-]#[N+]Cn1nc(Nc2nc3c(cc(C(=O)N(C4CC4)C4CC4)n3CC)c3c2ncn3C)cc1C. The quantitative estimate of drug-likeness (QED) is 0.426. The predicted molar refractivity (Wildman–Crippen MR) is 129 cm³/mol. The normalized spacial score (nSPS) is 15.7. The van der Waals surface area contributed by atoms with Gasteiger partial charge in [-0.2, -0.15) is 4.68 Å². The van der Waals surface area contributed by atoms with Gasteiger partial charge in [-0.25, -0.2) is 16.5 Å². The molecule has 34 heavy (non-hydrogen) atoms. The molecule has 4 aromatic rings. The summed E-state index contributed by atoms with van der Waals surface area (Å²) in [6.07, 6.45) is 6.18. The van der Waals surface area contributed by atoms with Crippen molar-refractivity contribution in [2.75, 3.05) is 5.32 Å². The van der Waals surface area contributed by atoms with Crippen LogP contribution in [-0.2, 0) is 20.3 Å². The Kier molecular flexibility index (Phi) is 4.62. The van der Waals surface area contributed by atoms with E-state index in [2.05, 4.69) is 25.1 Å². The van der Waals surface area contributed by atoms with Crippen molar-refractivity contribution < 1.29 is 4.79 Å². The van der Waals surface area contributed by atoms with Gasteiger partial charge in [0.2, 0.25) is 0 Å². The molecule has 2 fully saturated rings. The lowest BCUT2D eigenvalue weighted by molar-refractivity contribution is 0.0719. The van der Waals surface area contributed by atoms with E-state index in [1.54, 1.807) is 11.0 Å². The van der Waals surface area contributed by atoms with Crippen LogP contribution in [-0.4, -0.2) is 51.8 Å². The minimum atomic E-state index is 0.114. The summed E-state index contributed by atoms with van der Waals surface area (Å²) in [5, 5.41) is 8.72. The Balaban J connectivity index is 1.49. The van der Waals surface area contributed by atoms with Crippen molar-refractivity contribution in [3.8, 4) is 0 Å². The summed E-state index contributed by atoms with van der Waals surface area (Å²) in [5.74, 6) is 1.31. The zero-order valence-corrected chi connectivity index (χ0v) is 19.6. The second kappa shape index (κ2) is 7.58. The molecule has 1 amide bonds. The Morgan fingerprint density at radius 3 is 2.65 bits per heavy atom. The fourth-order valence-electron chi connectivity index (χ4n) is 4.87. The fraction of sp³-hybridized carbons (Fsp3) is 0.458. The van der Waals surface area contributed by atoms with Gasteiger partial charge in [0.25, 0.3) is 5.91 Å². The van der Waals surface area contributed by atoms with Crippen LogP contribution < -0.4 is 5.32 Å². The van der Waals surface area contributed by atoms with Crippen LogP contribution in [0, 0.1) is 13.5 Å². The first-order valence-corrected chi connectivity index (χ1v) is 11.8. The highest BCUT2D eigenvalue weighted by Gasteiger charge is 2.43. The molecule has 6 rings (SSSR count). The molecule has 0 radical (unpaired) electrons. The molecule has 10 nitrogen and oxygen atoms in total. The molecule has 0 saturated heterocycles. The van der Waals surface area contributed by atoms with Gasteiger partial charge in [-0.1, -0.05) is 0 Å². The molecular formula is C24H27N9O. The van der Waals surface area contributed by atoms with Crippen LogP contribution in [0.15, 0.2) is 18.5 Å². The molecule has 2 saturated carbocycles. The maximum atomic E-state index is 13.7. The van der Waals surface area contributed by atoms with Gasteiger partial charge in [-0.15, -0.1) is 5.10 Å². The van der Waals surface area contributed by atoms with Crippen LogP contribution in [0.3, 0.4) is 0 Å². The summed E-state index contributed by atoms with van der Waals surface area (Å²) in [6.45, 7) is 11.9. The molecule has 0 aromatic carbocycles. The number of nitrogens with one attached hydrogen (secondary N) is 1. The van der Waals surface area contributed by atoms with Crippen molar-refractivity contribution in [3.05, 3.63) is 41.3 Å². The Labute approximate surface area is 197 Å². The summed E-state index contributed by atoms with van der Waals surface area (Å²) >= 11 is 0. The molecule has 1 N–H and O–H groups in total. The van der Waals surface area contributed by atoms with E-state index in [1.165, 1.54) is 0 Å². The van der Waals surface area contributed by atoms with Crippen LogP contribution in [0.5, 0.6) is 0 Å². The second-order valence-corrected chi connectivity index (χ2v) is 9.29. The third kappa shape index (κ3) is 3.22. The number of pyridine rings is 1. The number of hydrogen-bond acceptors (Lipinski definition) is 5. The van der Waals surface area contributed by atoms with E-state index in [-0.39, 0.29) is 12.6 Å². The summed E-state index contributed by atoms with van der Waals surface area (Å²) in [6, 6.07) is 4.66. The molecule has 0 bridgehead atoms. The summed E-state index contributed by atoms with van der Waals surface area (Å²) < 4.78 is 5.65. The average molecular weight is 458 g/mol. The van der Waals surface area contributed by atoms with Gasteiger partial charge in [0, 0.05) is 42.8 Å². The van der Waals surface area contributed by atoms with E-state index >= 15 is 0 Å². The zero-order chi connectivity index (χ0) is 23.6. The van der Waals surface area contributed by atoms with Crippen molar-refractivity contribution in [1.29, 1.82) is 0 Å². The highest BCUT2D eigenvalue weighted by atomic mass is 16.2. The predicted octanol–water partition coefficient (Wildman–Crippen LogP) is 3.84. The highest BCUT2D eigenvalue weighted by Crippen LogP contribution is 2.39. The molecule has 0 unspecified atom stereocenters. The van der Waals surface area contributed by atoms with Crippen LogP contribution in [0.25, 0.3) is 26.9 Å². The van der Waals surface area contributed by atoms with Gasteiger partial charge in [-0.05, 0) is 45.6 Å². The third-order valence-corrected chi connectivity index (χ3v) is 6.79. The molecule has 4 heterocycles. The van der Waals surface area contributed by atoms with Crippen molar-refractivity contribution in [3.63, 3.8) is 0 Å². The lowest BCUT2D eigenvalue weighted by atomic mass is 10.2. The minimum absolute atomic E-state index is 0.114. The van der Waals surface area contributed by atoms with Crippen molar-refractivity contribution in [2.45, 2.75) is 64.8 Å². The number of amides is 1. The summed E-state index contributed by atoms with van der Waals surface area (Å²) in [4.78, 5) is 28.8. The average Bonchev–Trinajstić information content (AvgIpc) is 3.73. The maximum absolute atomic E-state index is 13.7. The summed E-state index contributed by atoms with van der Waals surface area (Å²) in [7, 11) is 1.96. The van der Waals surface area contributed by atoms with Gasteiger partial charge in [0.05, 0.1) is 11.8 Å². The monoisotopic (exact) mass is 457 g/mol. The Hall–Kier alpha value is -3.87. The molecule has 174 valence electrons. The van der Waals surface area contributed by atoms with E-state index < -0.39 is 0 Å². The van der Waals surface area contributed by atoms with E-state index in [0.717, 1.165) is 53.4 Å². The number of aromatic nitrogens is 6. The first-order chi connectivity index (χ1) is 16.5. The number of rotatable bonds is 7. The number of hydrogen-bond donors (Lipinski definition) is 1. The second-order valence-electron chi connectivity index (χ2n) is 9.29.